The highest BCUT2D eigenvalue weighted by atomic mass is 16.5. The summed E-state index contributed by atoms with van der Waals surface area (Å²) in [7, 11) is 1.78. The molecular weight excluding hydrogens is 432 g/mol. The predicted molar refractivity (Wildman–Crippen MR) is 133 cm³/mol. The summed E-state index contributed by atoms with van der Waals surface area (Å²) in [4.78, 5) is 24.3. The highest BCUT2D eigenvalue weighted by Crippen LogP contribution is 2.29. The van der Waals surface area contributed by atoms with Crippen molar-refractivity contribution in [2.75, 3.05) is 41.5 Å². The first-order chi connectivity index (χ1) is 16.5. The number of carbonyl (C=O) groups excluding carboxylic acids is 1. The van der Waals surface area contributed by atoms with Crippen LogP contribution in [-0.4, -0.2) is 58.4 Å². The Kier molecular flexibility index (Phi) is 5.72. The number of aromatic amines is 1. The zero-order valence-electron chi connectivity index (χ0n) is 18.9. The lowest BCUT2D eigenvalue weighted by molar-refractivity contribution is -0.128. The zero-order valence-corrected chi connectivity index (χ0v) is 18.9. The van der Waals surface area contributed by atoms with Crippen LogP contribution in [0.1, 0.15) is 6.92 Å². The molecule has 1 amide bonds. The second-order valence-electron chi connectivity index (χ2n) is 8.23. The van der Waals surface area contributed by atoms with E-state index in [-0.39, 0.29) is 11.9 Å². The van der Waals surface area contributed by atoms with E-state index in [1.54, 1.807) is 7.05 Å². The first kappa shape index (κ1) is 21.7. The maximum Gasteiger partial charge on any atom is 0.255 e. The van der Waals surface area contributed by atoms with Crippen LogP contribution >= 0.6 is 0 Å². The van der Waals surface area contributed by atoms with Crippen LogP contribution in [0.2, 0.25) is 0 Å². The molecule has 1 aliphatic rings. The number of aromatic nitrogens is 4. The SMILES string of the molecule is CNc1nc(-c2ccc3c(N)n[nH]c3c2)cc(N2C[C@H](C(=O)Nc3ccccc3)OC[C@H]2C)n1. The number of nitrogens with zero attached hydrogens (tertiary/aromatic N) is 4. The van der Waals surface area contributed by atoms with Crippen molar-refractivity contribution in [3.05, 3.63) is 54.6 Å². The third kappa shape index (κ3) is 4.23. The van der Waals surface area contributed by atoms with Gasteiger partial charge in [0.2, 0.25) is 5.95 Å². The lowest BCUT2D eigenvalue weighted by Crippen LogP contribution is -2.52. The minimum absolute atomic E-state index is 0.0307. The molecule has 10 heteroatoms. The molecule has 4 aromatic rings. The number of morpholine rings is 1. The van der Waals surface area contributed by atoms with Crippen molar-refractivity contribution in [2.24, 2.45) is 0 Å². The fourth-order valence-electron chi connectivity index (χ4n) is 4.02. The minimum atomic E-state index is -0.628. The molecular formula is C24H26N8O2. The molecule has 0 saturated carbocycles. The topological polar surface area (TPSA) is 134 Å². The van der Waals surface area contributed by atoms with E-state index in [2.05, 4.69) is 35.7 Å². The Morgan fingerprint density at radius 3 is 2.79 bits per heavy atom. The summed E-state index contributed by atoms with van der Waals surface area (Å²) in [5.41, 5.74) is 9.11. The first-order valence-electron chi connectivity index (χ1n) is 11.1. The van der Waals surface area contributed by atoms with Gasteiger partial charge in [0.05, 0.1) is 30.4 Å². The van der Waals surface area contributed by atoms with Gasteiger partial charge in [0.1, 0.15) is 5.82 Å². The molecule has 10 nitrogen and oxygen atoms in total. The van der Waals surface area contributed by atoms with Gasteiger partial charge in [0.15, 0.2) is 11.9 Å². The Labute approximate surface area is 196 Å². The summed E-state index contributed by atoms with van der Waals surface area (Å²) >= 11 is 0. The number of carbonyl (C=O) groups is 1. The van der Waals surface area contributed by atoms with Gasteiger partial charge in [-0.25, -0.2) is 4.98 Å². The van der Waals surface area contributed by atoms with Gasteiger partial charge in [-0.2, -0.15) is 10.1 Å². The van der Waals surface area contributed by atoms with Gasteiger partial charge in [0, 0.05) is 29.8 Å². The molecule has 1 saturated heterocycles. The largest absolute Gasteiger partial charge is 0.382 e. The Morgan fingerprint density at radius 2 is 2.00 bits per heavy atom. The van der Waals surface area contributed by atoms with Crippen molar-refractivity contribution < 1.29 is 9.53 Å². The molecule has 3 heterocycles. The first-order valence-corrected chi connectivity index (χ1v) is 11.1. The van der Waals surface area contributed by atoms with E-state index < -0.39 is 6.10 Å². The van der Waals surface area contributed by atoms with Gasteiger partial charge in [-0.05, 0) is 31.2 Å². The molecule has 1 aliphatic heterocycles. The summed E-state index contributed by atoms with van der Waals surface area (Å²) in [6.45, 7) is 2.82. The van der Waals surface area contributed by atoms with E-state index in [4.69, 9.17) is 10.5 Å². The molecule has 2 aromatic carbocycles. The maximum atomic E-state index is 12.9. The van der Waals surface area contributed by atoms with Crippen LogP contribution in [0.3, 0.4) is 0 Å². The normalized spacial score (nSPS) is 18.1. The fraction of sp³-hybridized carbons (Fsp3) is 0.250. The summed E-state index contributed by atoms with van der Waals surface area (Å²) in [5.74, 6) is 1.48. The third-order valence-electron chi connectivity index (χ3n) is 5.89. The quantitative estimate of drug-likeness (QED) is 0.359. The molecule has 0 aliphatic carbocycles. The van der Waals surface area contributed by atoms with Gasteiger partial charge in [-0.15, -0.1) is 0 Å². The lowest BCUT2D eigenvalue weighted by atomic mass is 10.1. The van der Waals surface area contributed by atoms with E-state index in [1.165, 1.54) is 0 Å². The highest BCUT2D eigenvalue weighted by molar-refractivity contribution is 5.95. The number of amides is 1. The van der Waals surface area contributed by atoms with E-state index in [9.17, 15) is 4.79 Å². The number of nitrogen functional groups attached to an aromatic ring is 1. The van der Waals surface area contributed by atoms with Crippen LogP contribution in [0.25, 0.3) is 22.2 Å². The summed E-state index contributed by atoms with van der Waals surface area (Å²) < 4.78 is 5.86. The number of hydrogen-bond acceptors (Lipinski definition) is 8. The molecule has 34 heavy (non-hydrogen) atoms. The molecule has 2 atom stereocenters. The van der Waals surface area contributed by atoms with Crippen LogP contribution in [0.15, 0.2) is 54.6 Å². The minimum Gasteiger partial charge on any atom is -0.382 e. The van der Waals surface area contributed by atoms with Crippen molar-refractivity contribution >= 4 is 40.1 Å². The van der Waals surface area contributed by atoms with Gasteiger partial charge >= 0.3 is 0 Å². The number of nitrogens with two attached hydrogens (primary N) is 1. The van der Waals surface area contributed by atoms with Crippen molar-refractivity contribution in [1.29, 1.82) is 0 Å². The number of anilines is 4. The number of para-hydroxylation sites is 1. The molecule has 0 radical (unpaired) electrons. The number of hydrogen-bond donors (Lipinski definition) is 4. The molecule has 2 aromatic heterocycles. The van der Waals surface area contributed by atoms with Crippen LogP contribution < -0.4 is 21.3 Å². The molecule has 0 spiro atoms. The van der Waals surface area contributed by atoms with E-state index in [0.29, 0.717) is 30.7 Å². The Bertz CT molecular complexity index is 1320. The second kappa shape index (κ2) is 8.99. The Balaban J connectivity index is 1.43. The number of fused-ring (bicyclic) bond motifs is 1. The van der Waals surface area contributed by atoms with Gasteiger partial charge in [-0.3, -0.25) is 9.89 Å². The Morgan fingerprint density at radius 1 is 1.18 bits per heavy atom. The van der Waals surface area contributed by atoms with Gasteiger partial charge in [-0.1, -0.05) is 24.3 Å². The van der Waals surface area contributed by atoms with Crippen LogP contribution in [0.5, 0.6) is 0 Å². The van der Waals surface area contributed by atoms with Gasteiger partial charge < -0.3 is 26.0 Å². The van der Waals surface area contributed by atoms with E-state index in [0.717, 1.165) is 27.8 Å². The van der Waals surface area contributed by atoms with Crippen LogP contribution in [0.4, 0.5) is 23.3 Å². The number of H-pyrrole nitrogens is 1. The molecule has 174 valence electrons. The van der Waals surface area contributed by atoms with Gasteiger partial charge in [0.25, 0.3) is 5.91 Å². The van der Waals surface area contributed by atoms with Crippen LogP contribution in [0, 0.1) is 0 Å². The molecule has 5 N–H and O–H groups in total. The summed E-state index contributed by atoms with van der Waals surface area (Å²) in [6.07, 6.45) is -0.628. The maximum absolute atomic E-state index is 12.9. The lowest BCUT2D eigenvalue weighted by Gasteiger charge is -2.38. The number of ether oxygens (including phenoxy) is 1. The fourth-order valence-corrected chi connectivity index (χ4v) is 4.02. The number of benzene rings is 2. The summed E-state index contributed by atoms with van der Waals surface area (Å²) in [6, 6.07) is 17.2. The highest BCUT2D eigenvalue weighted by Gasteiger charge is 2.32. The standard InChI is InChI=1S/C24H26N8O2/c1-14-13-34-20(23(33)27-16-6-4-3-5-7-16)12-32(14)21-11-18(28-24(26-2)29-21)15-8-9-17-19(10-15)30-31-22(17)25/h3-11,14,20H,12-13H2,1-2H3,(H,27,33)(H3,25,30,31)(H,26,28,29)/t14-,20-/m1/s1. The van der Waals surface area contributed by atoms with Crippen LogP contribution in [-0.2, 0) is 9.53 Å². The average molecular weight is 459 g/mol. The smallest absolute Gasteiger partial charge is 0.255 e. The Hall–Kier alpha value is -4.18. The van der Waals surface area contributed by atoms with Crippen molar-refractivity contribution in [1.82, 2.24) is 20.2 Å². The van der Waals surface area contributed by atoms with Crippen molar-refractivity contribution in [3.63, 3.8) is 0 Å². The molecule has 1 fully saturated rings. The molecule has 5 rings (SSSR count). The molecule has 0 bridgehead atoms. The average Bonchev–Trinajstić information content (AvgIpc) is 3.24. The summed E-state index contributed by atoms with van der Waals surface area (Å²) in [5, 5.41) is 13.8. The molecule has 0 unspecified atom stereocenters. The van der Waals surface area contributed by atoms with E-state index in [1.807, 2.05) is 61.5 Å². The van der Waals surface area contributed by atoms with Crippen molar-refractivity contribution in [2.45, 2.75) is 19.1 Å². The van der Waals surface area contributed by atoms with Crippen molar-refractivity contribution in [3.8, 4) is 11.3 Å². The predicted octanol–water partition coefficient (Wildman–Crippen LogP) is 2.88. The number of rotatable bonds is 5. The number of nitrogens with one attached hydrogen (secondary N) is 3. The second-order valence-corrected chi connectivity index (χ2v) is 8.23. The third-order valence-corrected chi connectivity index (χ3v) is 5.89. The monoisotopic (exact) mass is 458 g/mol. The van der Waals surface area contributed by atoms with E-state index >= 15 is 0 Å². The zero-order chi connectivity index (χ0) is 23.7.